The predicted molar refractivity (Wildman–Crippen MR) is 90.2 cm³/mol. The normalized spacial score (nSPS) is 20.7. The molecule has 0 saturated carbocycles. The lowest BCUT2D eigenvalue weighted by molar-refractivity contribution is -0.131. The third-order valence-corrected chi connectivity index (χ3v) is 4.88. The van der Waals surface area contributed by atoms with Crippen LogP contribution in [0.15, 0.2) is 30.7 Å². The minimum atomic E-state index is -2.69. The van der Waals surface area contributed by atoms with Crippen molar-refractivity contribution >= 4 is 0 Å². The summed E-state index contributed by atoms with van der Waals surface area (Å²) < 4.78 is 35.9. The van der Waals surface area contributed by atoms with Crippen molar-refractivity contribution in [1.29, 1.82) is 0 Å². The fraction of sp³-hybridized carbons (Fsp3) is 0.556. The van der Waals surface area contributed by atoms with Gasteiger partial charge in [-0.3, -0.25) is 14.6 Å². The highest BCUT2D eigenvalue weighted by Crippen LogP contribution is 2.34. The molecule has 0 aliphatic carbocycles. The van der Waals surface area contributed by atoms with E-state index < -0.39 is 11.8 Å². The van der Waals surface area contributed by atoms with E-state index in [-0.39, 0.29) is 13.0 Å². The van der Waals surface area contributed by atoms with Gasteiger partial charge in [0.25, 0.3) is 5.92 Å². The number of rotatable bonds is 6. The maximum absolute atomic E-state index is 14.3. The van der Waals surface area contributed by atoms with Crippen LogP contribution in [0.3, 0.4) is 0 Å². The lowest BCUT2D eigenvalue weighted by Gasteiger charge is -2.38. The Morgan fingerprint density at radius 2 is 2.20 bits per heavy atom. The van der Waals surface area contributed by atoms with Crippen molar-refractivity contribution in [2.45, 2.75) is 32.4 Å². The van der Waals surface area contributed by atoms with Crippen molar-refractivity contribution in [3.63, 3.8) is 0 Å². The number of hydrogen-bond donors (Lipinski definition) is 0. The number of ether oxygens (including phenoxy) is 1. The van der Waals surface area contributed by atoms with Gasteiger partial charge in [0, 0.05) is 56.8 Å². The second-order valence-corrected chi connectivity index (χ2v) is 6.70. The number of nitrogens with zero attached hydrogens (tertiary/aromatic N) is 4. The molecule has 2 aromatic heterocycles. The molecular weight excluding hydrogens is 326 g/mol. The molecule has 1 fully saturated rings. The van der Waals surface area contributed by atoms with Crippen LogP contribution in [0.1, 0.15) is 23.2 Å². The SMILES string of the molecule is Cc1c(CN2CCC(F)(F)C(COCc3cccnc3)C2)cnn1C. The molecule has 1 saturated heterocycles. The first-order chi connectivity index (χ1) is 12.0. The van der Waals surface area contributed by atoms with Gasteiger partial charge in [-0.15, -0.1) is 0 Å². The van der Waals surface area contributed by atoms with E-state index in [9.17, 15) is 8.78 Å². The third kappa shape index (κ3) is 4.41. The highest BCUT2D eigenvalue weighted by atomic mass is 19.3. The summed E-state index contributed by atoms with van der Waals surface area (Å²) in [6, 6.07) is 3.69. The van der Waals surface area contributed by atoms with Gasteiger partial charge in [-0.25, -0.2) is 8.78 Å². The molecule has 136 valence electrons. The monoisotopic (exact) mass is 350 g/mol. The Morgan fingerprint density at radius 3 is 2.88 bits per heavy atom. The number of aromatic nitrogens is 3. The summed E-state index contributed by atoms with van der Waals surface area (Å²) in [6.07, 6.45) is 5.05. The Bertz CT molecular complexity index is 690. The standard InChI is InChI=1S/C18H24F2N4O/c1-14-16(9-22-23(14)2)10-24-7-5-18(19,20)17(11-24)13-25-12-15-4-3-6-21-8-15/h3-4,6,8-9,17H,5,7,10-13H2,1-2H3. The maximum Gasteiger partial charge on any atom is 0.255 e. The van der Waals surface area contributed by atoms with Crippen LogP contribution in [-0.2, 0) is 24.9 Å². The summed E-state index contributed by atoms with van der Waals surface area (Å²) in [6.45, 7) is 3.71. The van der Waals surface area contributed by atoms with Gasteiger partial charge in [0.1, 0.15) is 0 Å². The summed E-state index contributed by atoms with van der Waals surface area (Å²) in [7, 11) is 1.89. The van der Waals surface area contributed by atoms with Crippen molar-refractivity contribution in [3.8, 4) is 0 Å². The molecule has 1 aliphatic heterocycles. The van der Waals surface area contributed by atoms with Crippen molar-refractivity contribution in [2.24, 2.45) is 13.0 Å². The number of pyridine rings is 1. The van der Waals surface area contributed by atoms with Gasteiger partial charge < -0.3 is 4.74 Å². The van der Waals surface area contributed by atoms with Crippen LogP contribution in [0.25, 0.3) is 0 Å². The molecule has 3 rings (SSSR count). The van der Waals surface area contributed by atoms with Gasteiger partial charge in [-0.1, -0.05) is 6.07 Å². The zero-order valence-corrected chi connectivity index (χ0v) is 14.7. The predicted octanol–water partition coefficient (Wildman–Crippen LogP) is 2.80. The Hall–Kier alpha value is -1.86. The summed E-state index contributed by atoms with van der Waals surface area (Å²) in [5.41, 5.74) is 3.05. The van der Waals surface area contributed by atoms with E-state index in [4.69, 9.17) is 4.74 Å². The third-order valence-electron chi connectivity index (χ3n) is 4.88. The molecule has 0 amide bonds. The largest absolute Gasteiger partial charge is 0.376 e. The first-order valence-corrected chi connectivity index (χ1v) is 8.50. The van der Waals surface area contributed by atoms with Crippen LogP contribution < -0.4 is 0 Å². The molecule has 0 spiro atoms. The first-order valence-electron chi connectivity index (χ1n) is 8.50. The van der Waals surface area contributed by atoms with E-state index in [2.05, 4.69) is 15.0 Å². The molecule has 25 heavy (non-hydrogen) atoms. The molecule has 0 radical (unpaired) electrons. The highest BCUT2D eigenvalue weighted by molar-refractivity contribution is 5.15. The van der Waals surface area contributed by atoms with E-state index in [1.807, 2.05) is 37.0 Å². The molecule has 0 bridgehead atoms. The van der Waals surface area contributed by atoms with E-state index >= 15 is 0 Å². The van der Waals surface area contributed by atoms with Crippen LogP contribution in [0.5, 0.6) is 0 Å². The number of halogens is 2. The van der Waals surface area contributed by atoms with Crippen LogP contribution in [0.4, 0.5) is 8.78 Å². The first kappa shape index (κ1) is 17.9. The minimum absolute atomic E-state index is 0.0460. The molecule has 0 aromatic carbocycles. The number of alkyl halides is 2. The molecule has 3 heterocycles. The Balaban J connectivity index is 1.56. The molecule has 1 unspecified atom stereocenters. The molecule has 1 aliphatic rings. The highest BCUT2D eigenvalue weighted by Gasteiger charge is 2.44. The van der Waals surface area contributed by atoms with Crippen LogP contribution in [-0.4, -0.2) is 45.3 Å². The van der Waals surface area contributed by atoms with Crippen molar-refractivity contribution < 1.29 is 13.5 Å². The van der Waals surface area contributed by atoms with Gasteiger partial charge in [-0.2, -0.15) is 5.10 Å². The maximum atomic E-state index is 14.3. The van der Waals surface area contributed by atoms with Gasteiger partial charge in [0.05, 0.1) is 25.3 Å². The summed E-state index contributed by atoms with van der Waals surface area (Å²) in [5.74, 6) is -3.48. The lowest BCUT2D eigenvalue weighted by Crippen LogP contribution is -2.48. The zero-order chi connectivity index (χ0) is 17.9. The zero-order valence-electron chi connectivity index (χ0n) is 14.7. The van der Waals surface area contributed by atoms with E-state index in [1.165, 1.54) is 0 Å². The Morgan fingerprint density at radius 1 is 1.36 bits per heavy atom. The van der Waals surface area contributed by atoms with Gasteiger partial charge in [0.15, 0.2) is 0 Å². The Kier molecular flexibility index (Phi) is 5.44. The summed E-state index contributed by atoms with van der Waals surface area (Å²) >= 11 is 0. The van der Waals surface area contributed by atoms with Gasteiger partial charge in [0.2, 0.25) is 0 Å². The average molecular weight is 350 g/mol. The molecule has 7 heteroatoms. The van der Waals surface area contributed by atoms with E-state index in [0.717, 1.165) is 16.8 Å². The molecule has 0 N–H and O–H groups in total. The summed E-state index contributed by atoms with van der Waals surface area (Å²) in [4.78, 5) is 6.07. The van der Waals surface area contributed by atoms with Crippen LogP contribution >= 0.6 is 0 Å². The van der Waals surface area contributed by atoms with Crippen LogP contribution in [0.2, 0.25) is 0 Å². The van der Waals surface area contributed by atoms with Crippen molar-refractivity contribution in [3.05, 3.63) is 47.5 Å². The second kappa shape index (κ2) is 7.58. The lowest BCUT2D eigenvalue weighted by atomic mass is 9.94. The van der Waals surface area contributed by atoms with Crippen molar-refractivity contribution in [2.75, 3.05) is 19.7 Å². The number of hydrogen-bond acceptors (Lipinski definition) is 4. The molecule has 5 nitrogen and oxygen atoms in total. The fourth-order valence-electron chi connectivity index (χ4n) is 3.11. The second-order valence-electron chi connectivity index (χ2n) is 6.70. The van der Waals surface area contributed by atoms with Crippen molar-refractivity contribution in [1.82, 2.24) is 19.7 Å². The van der Waals surface area contributed by atoms with E-state index in [1.54, 1.807) is 12.4 Å². The van der Waals surface area contributed by atoms with Gasteiger partial charge >= 0.3 is 0 Å². The fourth-order valence-corrected chi connectivity index (χ4v) is 3.11. The Labute approximate surface area is 146 Å². The number of aryl methyl sites for hydroxylation is 1. The number of piperidine rings is 1. The average Bonchev–Trinajstić information content (AvgIpc) is 2.91. The molecular formula is C18H24F2N4O. The van der Waals surface area contributed by atoms with Gasteiger partial charge in [-0.05, 0) is 18.6 Å². The smallest absolute Gasteiger partial charge is 0.255 e. The summed E-state index contributed by atoms with van der Waals surface area (Å²) in [5, 5.41) is 4.22. The molecule has 2 aromatic rings. The molecule has 1 atom stereocenters. The minimum Gasteiger partial charge on any atom is -0.376 e. The topological polar surface area (TPSA) is 43.2 Å². The van der Waals surface area contributed by atoms with E-state index in [0.29, 0.717) is 26.2 Å². The number of likely N-dealkylation sites (tertiary alicyclic amines) is 1. The van der Waals surface area contributed by atoms with Crippen LogP contribution in [0, 0.1) is 12.8 Å². The quantitative estimate of drug-likeness (QED) is 0.804.